The molecule has 0 radical (unpaired) electrons. The lowest BCUT2D eigenvalue weighted by atomic mass is 10.1. The van der Waals surface area contributed by atoms with Gasteiger partial charge in [-0.15, -0.1) is 0 Å². The molecule has 2 aromatic rings. The summed E-state index contributed by atoms with van der Waals surface area (Å²) in [5, 5.41) is -0.759. The fourth-order valence-corrected chi connectivity index (χ4v) is 1.53. The third-order valence-corrected chi connectivity index (χ3v) is 2.32. The standard InChI is InChI=1S/C12H7ClN2O2/c13-12(17)10-8(4-3-7-15-10)11(16)9-5-1-2-6-14-9/h1-7H. The summed E-state index contributed by atoms with van der Waals surface area (Å²) < 4.78 is 0. The summed E-state index contributed by atoms with van der Waals surface area (Å²) in [5.41, 5.74) is 0.357. The lowest BCUT2D eigenvalue weighted by Crippen LogP contribution is -2.10. The third-order valence-electron chi connectivity index (χ3n) is 2.14. The number of ketones is 1. The van der Waals surface area contributed by atoms with Crippen LogP contribution in [-0.4, -0.2) is 21.0 Å². The third kappa shape index (κ3) is 2.37. The van der Waals surface area contributed by atoms with Crippen LogP contribution in [-0.2, 0) is 0 Å². The molecule has 0 amide bonds. The first-order valence-electron chi connectivity index (χ1n) is 4.80. The van der Waals surface area contributed by atoms with Crippen molar-refractivity contribution in [2.24, 2.45) is 0 Å². The Labute approximate surface area is 102 Å². The number of nitrogens with zero attached hydrogens (tertiary/aromatic N) is 2. The highest BCUT2D eigenvalue weighted by Gasteiger charge is 2.18. The molecule has 0 aliphatic heterocycles. The van der Waals surface area contributed by atoms with E-state index in [4.69, 9.17) is 11.6 Å². The molecule has 2 rings (SSSR count). The topological polar surface area (TPSA) is 59.9 Å². The SMILES string of the molecule is O=C(c1ccccn1)c1cccnc1C(=O)Cl. The predicted molar refractivity (Wildman–Crippen MR) is 62.1 cm³/mol. The summed E-state index contributed by atoms with van der Waals surface area (Å²) in [5.74, 6) is -0.372. The minimum absolute atomic E-state index is 0.0511. The molecule has 0 aromatic carbocycles. The maximum atomic E-state index is 12.1. The number of pyridine rings is 2. The average molecular weight is 247 g/mol. The van der Waals surface area contributed by atoms with Gasteiger partial charge in [0.25, 0.3) is 5.24 Å². The normalized spacial score (nSPS) is 9.94. The van der Waals surface area contributed by atoms with E-state index in [1.807, 2.05) is 0 Å². The smallest absolute Gasteiger partial charge is 0.271 e. The molecule has 0 saturated carbocycles. The van der Waals surface area contributed by atoms with E-state index in [-0.39, 0.29) is 22.7 Å². The number of rotatable bonds is 3. The van der Waals surface area contributed by atoms with E-state index in [9.17, 15) is 9.59 Å². The highest BCUT2D eigenvalue weighted by Crippen LogP contribution is 2.12. The Balaban J connectivity index is 2.48. The molecule has 0 saturated heterocycles. The maximum absolute atomic E-state index is 12.1. The van der Waals surface area contributed by atoms with Crippen molar-refractivity contribution in [3.63, 3.8) is 0 Å². The minimum atomic E-state index is -0.759. The van der Waals surface area contributed by atoms with Crippen molar-refractivity contribution in [3.05, 3.63) is 59.7 Å². The Morgan fingerprint density at radius 1 is 1.00 bits per heavy atom. The van der Waals surface area contributed by atoms with Crippen molar-refractivity contribution in [1.29, 1.82) is 0 Å². The van der Waals surface area contributed by atoms with Crippen molar-refractivity contribution in [2.75, 3.05) is 0 Å². The van der Waals surface area contributed by atoms with Crippen molar-refractivity contribution < 1.29 is 9.59 Å². The Morgan fingerprint density at radius 3 is 2.41 bits per heavy atom. The Morgan fingerprint density at radius 2 is 1.76 bits per heavy atom. The summed E-state index contributed by atoms with van der Waals surface area (Å²) in [6.07, 6.45) is 2.91. The zero-order chi connectivity index (χ0) is 12.3. The van der Waals surface area contributed by atoms with E-state index in [1.165, 1.54) is 18.5 Å². The predicted octanol–water partition coefficient (Wildman–Crippen LogP) is 2.09. The summed E-state index contributed by atoms with van der Waals surface area (Å²) in [6, 6.07) is 8.03. The average Bonchev–Trinajstić information content (AvgIpc) is 2.39. The van der Waals surface area contributed by atoms with Gasteiger partial charge in [0.2, 0.25) is 5.78 Å². The molecule has 0 unspecified atom stereocenters. The number of aromatic nitrogens is 2. The largest absolute Gasteiger partial charge is 0.287 e. The van der Waals surface area contributed by atoms with Crippen molar-refractivity contribution >= 4 is 22.6 Å². The molecule has 0 atom stereocenters. The first kappa shape index (κ1) is 11.4. The van der Waals surface area contributed by atoms with Crippen LogP contribution in [0, 0.1) is 0 Å². The van der Waals surface area contributed by atoms with Gasteiger partial charge in [0.1, 0.15) is 11.4 Å². The van der Waals surface area contributed by atoms with Crippen LogP contribution < -0.4 is 0 Å². The van der Waals surface area contributed by atoms with Crippen LogP contribution in [0.15, 0.2) is 42.7 Å². The van der Waals surface area contributed by atoms with Crippen LogP contribution in [0.3, 0.4) is 0 Å². The van der Waals surface area contributed by atoms with Crippen molar-refractivity contribution in [1.82, 2.24) is 9.97 Å². The number of halogens is 1. The highest BCUT2D eigenvalue weighted by atomic mass is 35.5. The van der Waals surface area contributed by atoms with Gasteiger partial charge >= 0.3 is 0 Å². The number of carbonyl (C=O) groups excluding carboxylic acids is 2. The molecule has 5 heteroatoms. The Kier molecular flexibility index (Phi) is 3.25. The molecule has 0 aliphatic carbocycles. The van der Waals surface area contributed by atoms with E-state index in [0.29, 0.717) is 0 Å². The second kappa shape index (κ2) is 4.84. The molecule has 84 valence electrons. The molecule has 0 spiro atoms. The minimum Gasteiger partial charge on any atom is -0.287 e. The summed E-state index contributed by atoms with van der Waals surface area (Å²) in [6.45, 7) is 0. The number of hydrogen-bond donors (Lipinski definition) is 0. The van der Waals surface area contributed by atoms with Gasteiger partial charge in [0.05, 0.1) is 5.56 Å². The molecule has 0 aliphatic rings. The number of hydrogen-bond acceptors (Lipinski definition) is 4. The zero-order valence-corrected chi connectivity index (χ0v) is 9.39. The van der Waals surface area contributed by atoms with Crippen LogP contribution >= 0.6 is 11.6 Å². The lowest BCUT2D eigenvalue weighted by molar-refractivity contribution is 0.101. The van der Waals surface area contributed by atoms with Gasteiger partial charge in [-0.2, -0.15) is 0 Å². The van der Waals surface area contributed by atoms with Crippen LogP contribution in [0.1, 0.15) is 26.5 Å². The second-order valence-corrected chi connectivity index (χ2v) is 3.56. The van der Waals surface area contributed by atoms with E-state index >= 15 is 0 Å². The van der Waals surface area contributed by atoms with E-state index < -0.39 is 5.24 Å². The molecule has 0 N–H and O–H groups in total. The van der Waals surface area contributed by atoms with E-state index in [1.54, 1.807) is 24.3 Å². The first-order valence-corrected chi connectivity index (χ1v) is 5.18. The first-order chi connectivity index (χ1) is 8.20. The molecule has 0 bridgehead atoms. The Hall–Kier alpha value is -2.07. The quantitative estimate of drug-likeness (QED) is 0.615. The summed E-state index contributed by atoms with van der Waals surface area (Å²) in [7, 11) is 0. The number of carbonyl (C=O) groups is 2. The molecule has 17 heavy (non-hydrogen) atoms. The lowest BCUT2D eigenvalue weighted by Gasteiger charge is -2.02. The van der Waals surface area contributed by atoms with Crippen LogP contribution in [0.2, 0.25) is 0 Å². The second-order valence-electron chi connectivity index (χ2n) is 3.22. The van der Waals surface area contributed by atoms with Crippen molar-refractivity contribution in [2.45, 2.75) is 0 Å². The van der Waals surface area contributed by atoms with Gasteiger partial charge < -0.3 is 0 Å². The van der Waals surface area contributed by atoms with Gasteiger partial charge in [0.15, 0.2) is 0 Å². The van der Waals surface area contributed by atoms with E-state index in [2.05, 4.69) is 9.97 Å². The molecule has 2 heterocycles. The van der Waals surface area contributed by atoms with E-state index in [0.717, 1.165) is 0 Å². The summed E-state index contributed by atoms with van der Waals surface area (Å²) >= 11 is 5.37. The monoisotopic (exact) mass is 246 g/mol. The van der Waals surface area contributed by atoms with Gasteiger partial charge in [-0.1, -0.05) is 6.07 Å². The summed E-state index contributed by atoms with van der Waals surface area (Å²) in [4.78, 5) is 30.9. The Bertz CT molecular complexity index is 570. The fraction of sp³-hybridized carbons (Fsp3) is 0. The van der Waals surface area contributed by atoms with Crippen LogP contribution in [0.4, 0.5) is 0 Å². The van der Waals surface area contributed by atoms with Gasteiger partial charge in [0, 0.05) is 12.4 Å². The molecule has 0 fully saturated rings. The molecular formula is C12H7ClN2O2. The molecular weight excluding hydrogens is 240 g/mol. The molecule has 4 nitrogen and oxygen atoms in total. The van der Waals surface area contributed by atoms with Gasteiger partial charge in [-0.3, -0.25) is 19.6 Å². The van der Waals surface area contributed by atoms with Crippen LogP contribution in [0.5, 0.6) is 0 Å². The molecule has 2 aromatic heterocycles. The van der Waals surface area contributed by atoms with Gasteiger partial charge in [-0.05, 0) is 35.9 Å². The fourth-order valence-electron chi connectivity index (χ4n) is 1.38. The van der Waals surface area contributed by atoms with Crippen molar-refractivity contribution in [3.8, 4) is 0 Å². The zero-order valence-electron chi connectivity index (χ0n) is 8.63. The van der Waals surface area contributed by atoms with Gasteiger partial charge in [-0.25, -0.2) is 0 Å². The van der Waals surface area contributed by atoms with Crippen LogP contribution in [0.25, 0.3) is 0 Å². The maximum Gasteiger partial charge on any atom is 0.271 e. The highest BCUT2D eigenvalue weighted by molar-refractivity contribution is 6.68.